The minimum absolute atomic E-state index is 0.219. The summed E-state index contributed by atoms with van der Waals surface area (Å²) in [6.45, 7) is 3.10. The van der Waals surface area contributed by atoms with Gasteiger partial charge in [-0.15, -0.1) is 0 Å². The molecule has 0 saturated carbocycles. The van der Waals surface area contributed by atoms with E-state index in [2.05, 4.69) is 41.7 Å². The summed E-state index contributed by atoms with van der Waals surface area (Å²) in [6.07, 6.45) is -11.7. The lowest BCUT2D eigenvalue weighted by Gasteiger charge is -2.47. The van der Waals surface area contributed by atoms with Gasteiger partial charge in [0, 0.05) is 79.0 Å². The van der Waals surface area contributed by atoms with Gasteiger partial charge in [-0.2, -0.15) is 26.3 Å². The Labute approximate surface area is 448 Å². The van der Waals surface area contributed by atoms with E-state index in [9.17, 15) is 60.1 Å². The maximum Gasteiger partial charge on any atom is 0.407 e. The van der Waals surface area contributed by atoms with Crippen LogP contribution in [-0.4, -0.2) is 149 Å². The number of alkyl carbamates (subject to hydrolysis) is 1. The highest BCUT2D eigenvalue weighted by atomic mass is 19.4. The number of aliphatic hydroxyl groups is 1. The molecule has 2 bridgehead atoms. The van der Waals surface area contributed by atoms with E-state index in [1.165, 1.54) is 17.4 Å². The van der Waals surface area contributed by atoms with Crippen LogP contribution in [0, 0.1) is 40.1 Å². The van der Waals surface area contributed by atoms with E-state index in [0.29, 0.717) is 62.0 Å². The highest BCUT2D eigenvalue weighted by molar-refractivity contribution is 5.87. The standard InChI is InChI=1S/C53H58F9N9O8/c1-50(2,52(57,58)59)44(67-49(77)78-5)46(73)65-41(18-30-9-6-29(7-10-30)8-11-31-12-15-43(64-22-31)69-23-34-13-14-35(24-69)71(34)36-27-79-28-36)42(72)26-70(68-47(74)45(66-48(75)76)51(3,4)53(60,61)62)25-37-38(55)19-32(20-39(37)56)40-21-33(54)16-17-63-40/h6-7,9-10,12,15-17,19-22,34-36,41-42,44-45,66,72H,13-14,18,23-28H2,1-5H3,(H,65,73)(H,67,77)(H,68,74)(H,75,76). The first kappa shape index (κ1) is 59.5. The Hall–Kier alpha value is -7.21. The number of carboxylic acid groups (broad SMARTS) is 1. The molecule has 6 unspecified atom stereocenters. The van der Waals surface area contributed by atoms with E-state index in [-0.39, 0.29) is 16.8 Å². The van der Waals surface area contributed by atoms with Crippen LogP contribution < -0.4 is 26.3 Å². The molecular weight excluding hydrogens is 1060 g/mol. The first-order valence-corrected chi connectivity index (χ1v) is 24.8. The largest absolute Gasteiger partial charge is 0.465 e. The molecule has 3 aliphatic rings. The normalized spacial score (nSPS) is 18.6. The number of methoxy groups -OCH3 is 1. The van der Waals surface area contributed by atoms with Crippen LogP contribution in [-0.2, 0) is 32.0 Å². The van der Waals surface area contributed by atoms with Crippen molar-refractivity contribution in [2.75, 3.05) is 44.9 Å². The molecule has 5 heterocycles. The zero-order valence-corrected chi connectivity index (χ0v) is 43.3. The third-order valence-corrected chi connectivity index (χ3v) is 14.5. The highest BCUT2D eigenvalue weighted by Gasteiger charge is 2.57. The van der Waals surface area contributed by atoms with Crippen LogP contribution in [0.5, 0.6) is 0 Å². The molecule has 3 saturated heterocycles. The molecule has 2 aromatic heterocycles. The molecule has 0 spiro atoms. The Bertz CT molecular complexity index is 2880. The number of carbonyl (C=O) groups excluding carboxylic acids is 3. The quantitative estimate of drug-likeness (QED) is 0.0359. The van der Waals surface area contributed by atoms with Crippen molar-refractivity contribution in [3.8, 4) is 23.1 Å². The van der Waals surface area contributed by atoms with Gasteiger partial charge >= 0.3 is 24.5 Å². The molecule has 17 nitrogen and oxygen atoms in total. The zero-order valence-electron chi connectivity index (χ0n) is 43.3. The van der Waals surface area contributed by atoms with Gasteiger partial charge in [0.2, 0.25) is 5.91 Å². The van der Waals surface area contributed by atoms with Gasteiger partial charge in [0.1, 0.15) is 35.4 Å². The van der Waals surface area contributed by atoms with E-state index < -0.39 is 114 Å². The van der Waals surface area contributed by atoms with Crippen molar-refractivity contribution in [3.63, 3.8) is 0 Å². The van der Waals surface area contributed by atoms with Gasteiger partial charge in [0.25, 0.3) is 5.91 Å². The number of ether oxygens (including phenoxy) is 2. The van der Waals surface area contributed by atoms with Crippen molar-refractivity contribution in [3.05, 3.63) is 113 Å². The number of nitrogens with one attached hydrogen (secondary N) is 4. The van der Waals surface area contributed by atoms with Gasteiger partial charge in [0.15, 0.2) is 0 Å². The van der Waals surface area contributed by atoms with Gasteiger partial charge in [-0.05, 0) is 95.0 Å². The number of aromatic nitrogens is 2. The number of benzene rings is 2. The summed E-state index contributed by atoms with van der Waals surface area (Å²) in [5, 5.41) is 27.6. The third-order valence-electron chi connectivity index (χ3n) is 14.5. The van der Waals surface area contributed by atoms with E-state index in [1.54, 1.807) is 18.3 Å². The van der Waals surface area contributed by atoms with Crippen LogP contribution in [0.15, 0.2) is 73.1 Å². The smallest absolute Gasteiger partial charge is 0.407 e. The molecular formula is C53H58F9N9O8. The number of aliphatic hydroxyl groups excluding tert-OH is 1. The summed E-state index contributed by atoms with van der Waals surface area (Å²) in [7, 11) is 0.823. The predicted molar refractivity (Wildman–Crippen MR) is 266 cm³/mol. The van der Waals surface area contributed by atoms with Crippen LogP contribution >= 0.6 is 0 Å². The monoisotopic (exact) mass is 1120 g/mol. The number of nitrogens with zero attached hydrogens (tertiary/aromatic N) is 5. The van der Waals surface area contributed by atoms with E-state index in [4.69, 9.17) is 4.74 Å². The maximum atomic E-state index is 16.0. The molecule has 4 aromatic rings. The van der Waals surface area contributed by atoms with Crippen molar-refractivity contribution < 1.29 is 78.4 Å². The number of alkyl halides is 6. The summed E-state index contributed by atoms with van der Waals surface area (Å²) in [6, 6.07) is 7.47. The minimum atomic E-state index is -5.26. The minimum Gasteiger partial charge on any atom is -0.465 e. The average molecular weight is 1120 g/mol. The fourth-order valence-corrected chi connectivity index (χ4v) is 9.59. The molecule has 0 radical (unpaired) electrons. The molecule has 4 amide bonds. The van der Waals surface area contributed by atoms with E-state index in [1.807, 2.05) is 22.9 Å². The van der Waals surface area contributed by atoms with Gasteiger partial charge in [-0.25, -0.2) is 32.8 Å². The number of carbonyl (C=O) groups is 4. The van der Waals surface area contributed by atoms with E-state index >= 15 is 8.78 Å². The van der Waals surface area contributed by atoms with Gasteiger partial charge in [-0.1, -0.05) is 24.0 Å². The Morgan fingerprint density at radius 1 is 0.785 bits per heavy atom. The number of pyridine rings is 2. The fourth-order valence-electron chi connectivity index (χ4n) is 9.59. The molecule has 426 valence electrons. The SMILES string of the molecule is COC(=O)NC(C(=O)NC(Cc1ccc(C#Cc2ccc(N3CC4CCC(C3)N4C3COC3)nc2)cc1)C(O)CN(Cc1c(F)cc(-c2cc(F)ccn2)cc1F)NC(=O)C(NC(=O)O)C(C)(C)C(F)(F)F)C(C)(C)C(F)(F)F. The third kappa shape index (κ3) is 14.0. The molecule has 0 aliphatic carbocycles. The molecule has 26 heteroatoms. The number of hydrogen-bond acceptors (Lipinski definition) is 12. The molecule has 3 aliphatic heterocycles. The summed E-state index contributed by atoms with van der Waals surface area (Å²) >= 11 is 0. The van der Waals surface area contributed by atoms with E-state index in [0.717, 1.165) is 82.5 Å². The zero-order chi connectivity index (χ0) is 57.8. The lowest BCUT2D eigenvalue weighted by Crippen LogP contribution is -2.63. The highest BCUT2D eigenvalue weighted by Crippen LogP contribution is 2.42. The molecule has 6 N–H and O–H groups in total. The number of halogens is 9. The summed E-state index contributed by atoms with van der Waals surface area (Å²) in [4.78, 5) is 65.5. The maximum absolute atomic E-state index is 16.0. The number of rotatable bonds is 18. The Balaban J connectivity index is 1.17. The Morgan fingerprint density at radius 2 is 1.37 bits per heavy atom. The molecule has 2 aromatic carbocycles. The summed E-state index contributed by atoms with van der Waals surface area (Å²) < 4.78 is 143. The van der Waals surface area contributed by atoms with Crippen molar-refractivity contribution >= 4 is 29.8 Å². The second kappa shape index (κ2) is 24.0. The van der Waals surface area contributed by atoms with Gasteiger partial charge < -0.3 is 40.5 Å². The lowest BCUT2D eigenvalue weighted by molar-refractivity contribution is -0.221. The second-order valence-electron chi connectivity index (χ2n) is 20.7. The number of anilines is 1. The lowest BCUT2D eigenvalue weighted by atomic mass is 9.82. The number of amides is 4. The topological polar surface area (TPSA) is 211 Å². The molecule has 6 atom stereocenters. The van der Waals surface area contributed by atoms with Crippen LogP contribution in [0.4, 0.5) is 54.9 Å². The van der Waals surface area contributed by atoms with Gasteiger partial charge in [0.05, 0.1) is 55.0 Å². The summed E-state index contributed by atoms with van der Waals surface area (Å²) in [5.41, 5.74) is -4.30. The summed E-state index contributed by atoms with van der Waals surface area (Å²) in [5.74, 6) is 0.00248. The number of fused-ring (bicyclic) bond motifs is 2. The second-order valence-corrected chi connectivity index (χ2v) is 20.7. The van der Waals surface area contributed by atoms with Crippen molar-refractivity contribution in [2.45, 2.75) is 108 Å². The van der Waals surface area contributed by atoms with Crippen LogP contribution in [0.1, 0.15) is 62.8 Å². The molecule has 7 rings (SSSR count). The first-order chi connectivity index (χ1) is 37.1. The van der Waals surface area contributed by atoms with Gasteiger partial charge in [-0.3, -0.25) is 24.9 Å². The predicted octanol–water partition coefficient (Wildman–Crippen LogP) is 6.47. The van der Waals surface area contributed by atoms with Crippen LogP contribution in [0.25, 0.3) is 11.3 Å². The van der Waals surface area contributed by atoms with Crippen molar-refractivity contribution in [2.24, 2.45) is 10.8 Å². The number of hydrogen-bond donors (Lipinski definition) is 6. The van der Waals surface area contributed by atoms with Crippen LogP contribution in [0.3, 0.4) is 0 Å². The van der Waals surface area contributed by atoms with Crippen LogP contribution in [0.2, 0.25) is 0 Å². The fraction of sp³-hybridized carbons (Fsp3) is 0.472. The molecule has 3 fully saturated rings. The van der Waals surface area contributed by atoms with Crippen molar-refractivity contribution in [1.82, 2.24) is 41.3 Å². The Kier molecular flexibility index (Phi) is 18.1. The average Bonchev–Trinajstić information content (AvgIpc) is 3.60. The van der Waals surface area contributed by atoms with Crippen molar-refractivity contribution in [1.29, 1.82) is 0 Å². The number of hydrazine groups is 1. The molecule has 79 heavy (non-hydrogen) atoms. The number of piperazine rings is 1. The Morgan fingerprint density at radius 3 is 1.89 bits per heavy atom. The first-order valence-electron chi connectivity index (χ1n) is 24.8.